The molecule has 0 radical (unpaired) electrons. The average molecular weight is 550 g/mol. The van der Waals surface area contributed by atoms with E-state index < -0.39 is 33.4 Å². The van der Waals surface area contributed by atoms with Gasteiger partial charge in [0.25, 0.3) is 15.9 Å². The van der Waals surface area contributed by atoms with Crippen LogP contribution in [0.4, 0.5) is 0 Å². The molecule has 3 amide bonds. The van der Waals surface area contributed by atoms with E-state index in [0.717, 1.165) is 14.3 Å². The summed E-state index contributed by atoms with van der Waals surface area (Å²) in [7, 11) is -4.01. The minimum Gasteiger partial charge on any atom is -0.350 e. The first kappa shape index (κ1) is 25.9. The van der Waals surface area contributed by atoms with Crippen LogP contribution in [0, 0.1) is 0 Å². The quantitative estimate of drug-likeness (QED) is 0.570. The predicted octanol–water partition coefficient (Wildman–Crippen LogP) is 3.32. The Balaban J connectivity index is 1.81. The Morgan fingerprint density at radius 3 is 2.41 bits per heavy atom. The predicted molar refractivity (Wildman–Crippen MR) is 131 cm³/mol. The van der Waals surface area contributed by atoms with E-state index in [0.29, 0.717) is 0 Å². The third-order valence-corrected chi connectivity index (χ3v) is 7.68. The molecule has 0 aliphatic carbocycles. The lowest BCUT2D eigenvalue weighted by molar-refractivity contribution is -0.141. The maximum absolute atomic E-state index is 13.3. The van der Waals surface area contributed by atoms with Crippen molar-refractivity contribution < 1.29 is 22.8 Å². The molecule has 1 heterocycles. The van der Waals surface area contributed by atoms with Crippen molar-refractivity contribution in [2.45, 2.75) is 57.1 Å². The zero-order valence-electron chi connectivity index (χ0n) is 19.5. The number of nitrogens with one attached hydrogen (secondary N) is 1. The largest absolute Gasteiger partial charge is 0.350 e. The number of fused-ring (bicyclic) bond motifs is 1. The molecule has 34 heavy (non-hydrogen) atoms. The smallest absolute Gasteiger partial charge is 0.269 e. The van der Waals surface area contributed by atoms with E-state index in [-0.39, 0.29) is 35.9 Å². The van der Waals surface area contributed by atoms with Crippen LogP contribution < -0.4 is 5.32 Å². The maximum Gasteiger partial charge on any atom is 0.269 e. The Labute approximate surface area is 208 Å². The van der Waals surface area contributed by atoms with Crippen LogP contribution in [0.5, 0.6) is 0 Å². The number of halogens is 1. The molecule has 0 saturated carbocycles. The SMILES string of the molecule is C[C@H](C(=O)NC(C)(C)C)N(Cc1cccc(Br)c1)C(=O)CCN1C(=O)c2ccccc2S1(=O)=O. The average Bonchev–Trinajstić information content (AvgIpc) is 2.94. The topological polar surface area (TPSA) is 104 Å². The number of hydrogen-bond acceptors (Lipinski definition) is 5. The molecule has 0 bridgehead atoms. The summed E-state index contributed by atoms with van der Waals surface area (Å²) in [4.78, 5) is 40.2. The lowest BCUT2D eigenvalue weighted by Crippen LogP contribution is -2.52. The molecule has 10 heteroatoms. The van der Waals surface area contributed by atoms with Crippen LogP contribution in [-0.2, 0) is 26.2 Å². The molecule has 182 valence electrons. The van der Waals surface area contributed by atoms with Gasteiger partial charge < -0.3 is 10.2 Å². The molecular formula is C24H28BrN3O5S. The molecule has 8 nitrogen and oxygen atoms in total. The second-order valence-corrected chi connectivity index (χ2v) is 11.9. The second-order valence-electron chi connectivity index (χ2n) is 9.20. The molecule has 0 unspecified atom stereocenters. The highest BCUT2D eigenvalue weighted by Gasteiger charge is 2.41. The molecule has 1 atom stereocenters. The number of rotatable bonds is 7. The highest BCUT2D eigenvalue weighted by Crippen LogP contribution is 2.30. The van der Waals surface area contributed by atoms with Gasteiger partial charge in [0, 0.05) is 29.5 Å². The molecule has 2 aromatic carbocycles. The summed E-state index contributed by atoms with van der Waals surface area (Å²) in [6.07, 6.45) is -0.250. The summed E-state index contributed by atoms with van der Waals surface area (Å²) >= 11 is 3.41. The monoisotopic (exact) mass is 549 g/mol. The Bertz CT molecular complexity index is 1220. The van der Waals surface area contributed by atoms with Gasteiger partial charge in [-0.2, -0.15) is 0 Å². The van der Waals surface area contributed by atoms with E-state index in [1.165, 1.54) is 17.0 Å². The van der Waals surface area contributed by atoms with Gasteiger partial charge >= 0.3 is 0 Å². The third kappa shape index (κ3) is 5.67. The number of benzene rings is 2. The van der Waals surface area contributed by atoms with E-state index in [2.05, 4.69) is 21.2 Å². The van der Waals surface area contributed by atoms with E-state index in [1.807, 2.05) is 45.0 Å². The second kappa shape index (κ2) is 9.87. The minimum atomic E-state index is -4.01. The number of hydrogen-bond donors (Lipinski definition) is 1. The zero-order valence-corrected chi connectivity index (χ0v) is 21.9. The summed E-state index contributed by atoms with van der Waals surface area (Å²) in [5.74, 6) is -1.41. The number of amides is 3. The van der Waals surface area contributed by atoms with Gasteiger partial charge in [-0.1, -0.05) is 40.2 Å². The van der Waals surface area contributed by atoms with Crippen molar-refractivity contribution in [1.29, 1.82) is 0 Å². The van der Waals surface area contributed by atoms with Crippen LogP contribution in [0.15, 0.2) is 57.9 Å². The highest BCUT2D eigenvalue weighted by molar-refractivity contribution is 9.10. The first-order chi connectivity index (χ1) is 15.8. The van der Waals surface area contributed by atoms with Gasteiger partial charge in [0.2, 0.25) is 11.8 Å². The fourth-order valence-electron chi connectivity index (χ4n) is 3.68. The summed E-state index contributed by atoms with van der Waals surface area (Å²) in [5, 5.41) is 2.88. The molecule has 1 aliphatic heterocycles. The van der Waals surface area contributed by atoms with Gasteiger partial charge in [-0.05, 0) is 57.5 Å². The molecule has 0 saturated heterocycles. The van der Waals surface area contributed by atoms with Gasteiger partial charge in [-0.3, -0.25) is 14.4 Å². The summed E-state index contributed by atoms with van der Waals surface area (Å²) in [5.41, 5.74) is 0.409. The van der Waals surface area contributed by atoms with Crippen LogP contribution in [0.2, 0.25) is 0 Å². The van der Waals surface area contributed by atoms with Gasteiger partial charge in [-0.15, -0.1) is 0 Å². The summed E-state index contributed by atoms with van der Waals surface area (Å²) < 4.78 is 27.2. The first-order valence-electron chi connectivity index (χ1n) is 10.8. The van der Waals surface area contributed by atoms with Crippen molar-refractivity contribution >= 4 is 43.7 Å². The van der Waals surface area contributed by atoms with Crippen LogP contribution in [0.25, 0.3) is 0 Å². The Morgan fingerprint density at radius 1 is 1.12 bits per heavy atom. The van der Waals surface area contributed by atoms with Gasteiger partial charge in [-0.25, -0.2) is 12.7 Å². The van der Waals surface area contributed by atoms with E-state index in [1.54, 1.807) is 19.1 Å². The van der Waals surface area contributed by atoms with E-state index in [9.17, 15) is 22.8 Å². The molecule has 0 spiro atoms. The Kier molecular flexibility index (Phi) is 7.52. The normalized spacial score (nSPS) is 15.6. The minimum absolute atomic E-state index is 0.0589. The lowest BCUT2D eigenvalue weighted by atomic mass is 10.1. The van der Waals surface area contributed by atoms with Crippen molar-refractivity contribution in [3.05, 3.63) is 64.1 Å². The number of carbonyl (C=O) groups excluding carboxylic acids is 3. The molecule has 1 aliphatic rings. The maximum atomic E-state index is 13.3. The van der Waals surface area contributed by atoms with E-state index in [4.69, 9.17) is 0 Å². The van der Waals surface area contributed by atoms with Crippen LogP contribution in [0.3, 0.4) is 0 Å². The molecule has 2 aromatic rings. The van der Waals surface area contributed by atoms with Crippen molar-refractivity contribution in [3.8, 4) is 0 Å². The van der Waals surface area contributed by atoms with Crippen LogP contribution in [0.1, 0.15) is 50.0 Å². The van der Waals surface area contributed by atoms with Crippen molar-refractivity contribution in [2.75, 3.05) is 6.54 Å². The van der Waals surface area contributed by atoms with Crippen molar-refractivity contribution in [2.24, 2.45) is 0 Å². The molecule has 3 rings (SSSR count). The van der Waals surface area contributed by atoms with Gasteiger partial charge in [0.15, 0.2) is 0 Å². The van der Waals surface area contributed by atoms with Gasteiger partial charge in [0.05, 0.1) is 5.56 Å². The third-order valence-electron chi connectivity index (χ3n) is 5.35. The van der Waals surface area contributed by atoms with E-state index >= 15 is 0 Å². The highest BCUT2D eigenvalue weighted by atomic mass is 79.9. The van der Waals surface area contributed by atoms with Crippen molar-refractivity contribution in [3.63, 3.8) is 0 Å². The number of carbonyl (C=O) groups is 3. The fraction of sp³-hybridized carbons (Fsp3) is 0.375. The number of sulfonamides is 1. The molecule has 0 aromatic heterocycles. The van der Waals surface area contributed by atoms with Crippen LogP contribution >= 0.6 is 15.9 Å². The van der Waals surface area contributed by atoms with Crippen molar-refractivity contribution in [1.82, 2.24) is 14.5 Å². The summed E-state index contributed by atoms with van der Waals surface area (Å²) in [6.45, 7) is 7.01. The van der Waals surface area contributed by atoms with Crippen LogP contribution in [-0.4, -0.2) is 53.5 Å². The molecule has 0 fully saturated rings. The zero-order chi connectivity index (χ0) is 25.3. The Hall–Kier alpha value is -2.72. The molecular weight excluding hydrogens is 522 g/mol. The Morgan fingerprint density at radius 2 is 1.79 bits per heavy atom. The first-order valence-corrected chi connectivity index (χ1v) is 13.1. The summed E-state index contributed by atoms with van der Waals surface area (Å²) in [6, 6.07) is 12.5. The fourth-order valence-corrected chi connectivity index (χ4v) is 5.70. The standard InChI is InChI=1S/C24H28BrN3O5S/c1-16(22(30)26-24(2,3)4)27(15-17-8-7-9-18(25)14-17)21(29)12-13-28-23(31)19-10-5-6-11-20(19)34(28,32)33/h5-11,14,16H,12-13,15H2,1-4H3,(H,26,30)/t16-/m1/s1. The number of nitrogens with zero attached hydrogens (tertiary/aromatic N) is 2. The lowest BCUT2D eigenvalue weighted by Gasteiger charge is -2.32. The molecule has 1 N–H and O–H groups in total. The van der Waals surface area contributed by atoms with Gasteiger partial charge in [0.1, 0.15) is 10.9 Å².